The highest BCUT2D eigenvalue weighted by molar-refractivity contribution is 5.90. The molecule has 9 heteroatoms. The van der Waals surface area contributed by atoms with Crippen LogP contribution in [0.25, 0.3) is 0 Å². The first-order valence-electron chi connectivity index (χ1n) is 9.20. The number of amides is 2. The number of benzene rings is 1. The fourth-order valence-electron chi connectivity index (χ4n) is 3.21. The second kappa shape index (κ2) is 9.32. The fraction of sp³-hybridized carbons (Fsp3) is 0.474. The second-order valence-electron chi connectivity index (χ2n) is 6.44. The van der Waals surface area contributed by atoms with Gasteiger partial charge >= 0.3 is 6.03 Å². The molecule has 1 aliphatic rings. The lowest BCUT2D eigenvalue weighted by Gasteiger charge is -2.34. The number of methoxy groups -OCH3 is 3. The number of carbonyl (C=O) groups excluding carboxylic acids is 1. The number of urea groups is 1. The van der Waals surface area contributed by atoms with Crippen LogP contribution in [0.2, 0.25) is 0 Å². The molecule has 0 unspecified atom stereocenters. The van der Waals surface area contributed by atoms with Crippen molar-refractivity contribution in [3.63, 3.8) is 0 Å². The zero-order valence-electron chi connectivity index (χ0n) is 16.6. The van der Waals surface area contributed by atoms with Crippen LogP contribution in [-0.4, -0.2) is 79.7 Å². The second-order valence-corrected chi connectivity index (χ2v) is 6.44. The van der Waals surface area contributed by atoms with Gasteiger partial charge in [0.25, 0.3) is 0 Å². The van der Waals surface area contributed by atoms with Crippen LogP contribution in [0.5, 0.6) is 17.2 Å². The highest BCUT2D eigenvalue weighted by Gasteiger charge is 2.22. The Morgan fingerprint density at radius 2 is 1.71 bits per heavy atom. The van der Waals surface area contributed by atoms with Gasteiger partial charge in [-0.3, -0.25) is 9.58 Å². The molecule has 152 valence electrons. The van der Waals surface area contributed by atoms with Crippen molar-refractivity contribution in [3.05, 3.63) is 30.6 Å². The van der Waals surface area contributed by atoms with E-state index in [2.05, 4.69) is 15.3 Å². The summed E-state index contributed by atoms with van der Waals surface area (Å²) in [4.78, 5) is 16.8. The van der Waals surface area contributed by atoms with E-state index in [4.69, 9.17) is 14.2 Å². The average molecular weight is 389 g/mol. The zero-order valence-corrected chi connectivity index (χ0v) is 16.6. The molecule has 0 spiro atoms. The van der Waals surface area contributed by atoms with Crippen molar-refractivity contribution in [1.82, 2.24) is 19.6 Å². The van der Waals surface area contributed by atoms with E-state index < -0.39 is 0 Å². The van der Waals surface area contributed by atoms with E-state index in [0.717, 1.165) is 26.2 Å². The van der Waals surface area contributed by atoms with Gasteiger partial charge in [-0.05, 0) is 6.07 Å². The van der Waals surface area contributed by atoms with E-state index in [9.17, 15) is 4.79 Å². The first-order valence-corrected chi connectivity index (χ1v) is 9.20. The fourth-order valence-corrected chi connectivity index (χ4v) is 3.21. The number of ether oxygens (including phenoxy) is 3. The maximum absolute atomic E-state index is 12.6. The maximum atomic E-state index is 12.6. The summed E-state index contributed by atoms with van der Waals surface area (Å²) in [5, 5.41) is 7.14. The summed E-state index contributed by atoms with van der Waals surface area (Å²) in [5.41, 5.74) is 0.598. The maximum Gasteiger partial charge on any atom is 0.321 e. The molecule has 1 saturated heterocycles. The van der Waals surface area contributed by atoms with E-state index in [1.54, 1.807) is 39.7 Å². The molecular weight excluding hydrogens is 362 g/mol. The van der Waals surface area contributed by atoms with Crippen molar-refractivity contribution in [2.75, 3.05) is 59.4 Å². The van der Waals surface area contributed by atoms with Crippen molar-refractivity contribution in [1.29, 1.82) is 0 Å². The molecule has 2 heterocycles. The number of nitrogens with one attached hydrogen (secondary N) is 1. The molecule has 0 atom stereocenters. The summed E-state index contributed by atoms with van der Waals surface area (Å²) in [6.07, 6.45) is 3.74. The SMILES string of the molecule is COc1cc(NC(=O)N2CCN(CCn3cccn3)CC2)cc(OC)c1OC. The summed E-state index contributed by atoms with van der Waals surface area (Å²) in [6.45, 7) is 4.80. The first kappa shape index (κ1) is 19.8. The van der Waals surface area contributed by atoms with Gasteiger partial charge in [-0.25, -0.2) is 4.79 Å². The topological polar surface area (TPSA) is 81.1 Å². The Kier molecular flexibility index (Phi) is 6.59. The monoisotopic (exact) mass is 389 g/mol. The number of rotatable bonds is 7. The van der Waals surface area contributed by atoms with Crippen LogP contribution in [-0.2, 0) is 6.54 Å². The molecular formula is C19H27N5O4. The normalized spacial score (nSPS) is 14.6. The van der Waals surface area contributed by atoms with Crippen LogP contribution < -0.4 is 19.5 Å². The van der Waals surface area contributed by atoms with Crippen LogP contribution in [0.15, 0.2) is 30.6 Å². The molecule has 28 heavy (non-hydrogen) atoms. The minimum absolute atomic E-state index is 0.138. The summed E-state index contributed by atoms with van der Waals surface area (Å²) >= 11 is 0. The number of hydrogen-bond donors (Lipinski definition) is 1. The van der Waals surface area contributed by atoms with Crippen molar-refractivity contribution in [2.45, 2.75) is 6.54 Å². The highest BCUT2D eigenvalue weighted by Crippen LogP contribution is 2.39. The minimum Gasteiger partial charge on any atom is -0.493 e. The van der Waals surface area contributed by atoms with Gasteiger partial charge in [0, 0.05) is 57.3 Å². The van der Waals surface area contributed by atoms with Crippen LogP contribution in [0.3, 0.4) is 0 Å². The third-order valence-electron chi connectivity index (χ3n) is 4.78. The van der Waals surface area contributed by atoms with Crippen molar-refractivity contribution < 1.29 is 19.0 Å². The third-order valence-corrected chi connectivity index (χ3v) is 4.78. The number of anilines is 1. The molecule has 0 bridgehead atoms. The van der Waals surface area contributed by atoms with Crippen LogP contribution in [0.4, 0.5) is 10.5 Å². The Labute approximate surface area is 164 Å². The van der Waals surface area contributed by atoms with Gasteiger partial charge in [-0.15, -0.1) is 0 Å². The smallest absolute Gasteiger partial charge is 0.321 e. The number of aromatic nitrogens is 2. The Morgan fingerprint density at radius 3 is 2.25 bits per heavy atom. The Bertz CT molecular complexity index is 748. The quantitative estimate of drug-likeness (QED) is 0.777. The molecule has 1 fully saturated rings. The lowest BCUT2D eigenvalue weighted by Crippen LogP contribution is -2.50. The molecule has 1 N–H and O–H groups in total. The lowest BCUT2D eigenvalue weighted by molar-refractivity contribution is 0.143. The molecule has 2 amide bonds. The average Bonchev–Trinajstić information content (AvgIpc) is 3.25. The van der Waals surface area contributed by atoms with Gasteiger partial charge < -0.3 is 24.4 Å². The molecule has 0 saturated carbocycles. The van der Waals surface area contributed by atoms with Crippen LogP contribution in [0.1, 0.15) is 0 Å². The minimum atomic E-state index is -0.138. The number of nitrogens with zero attached hydrogens (tertiary/aromatic N) is 4. The molecule has 0 radical (unpaired) electrons. The molecule has 0 aliphatic carbocycles. The number of piperazine rings is 1. The van der Waals surface area contributed by atoms with Crippen LogP contribution in [0, 0.1) is 0 Å². The van der Waals surface area contributed by atoms with Gasteiger partial charge in [-0.1, -0.05) is 0 Å². The van der Waals surface area contributed by atoms with E-state index in [1.807, 2.05) is 21.8 Å². The lowest BCUT2D eigenvalue weighted by atomic mass is 10.2. The van der Waals surface area contributed by atoms with Gasteiger partial charge in [0.05, 0.1) is 33.6 Å². The van der Waals surface area contributed by atoms with Gasteiger partial charge in [0.1, 0.15) is 0 Å². The van der Waals surface area contributed by atoms with Crippen molar-refractivity contribution in [2.24, 2.45) is 0 Å². The number of carbonyl (C=O) groups is 1. The van der Waals surface area contributed by atoms with E-state index in [-0.39, 0.29) is 6.03 Å². The van der Waals surface area contributed by atoms with Gasteiger partial charge in [0.2, 0.25) is 5.75 Å². The molecule has 1 aromatic heterocycles. The summed E-state index contributed by atoms with van der Waals surface area (Å²) in [7, 11) is 4.64. The molecule has 2 aromatic rings. The molecule has 9 nitrogen and oxygen atoms in total. The Morgan fingerprint density at radius 1 is 1.04 bits per heavy atom. The Balaban J connectivity index is 1.54. The third kappa shape index (κ3) is 4.66. The van der Waals surface area contributed by atoms with E-state index in [0.29, 0.717) is 36.0 Å². The van der Waals surface area contributed by atoms with Crippen molar-refractivity contribution >= 4 is 11.7 Å². The summed E-state index contributed by atoms with van der Waals surface area (Å²) in [6, 6.07) is 5.23. The summed E-state index contributed by atoms with van der Waals surface area (Å²) in [5.74, 6) is 1.50. The van der Waals surface area contributed by atoms with E-state index in [1.165, 1.54) is 0 Å². The zero-order chi connectivity index (χ0) is 19.9. The predicted octanol–water partition coefficient (Wildman–Crippen LogP) is 1.76. The van der Waals surface area contributed by atoms with Crippen LogP contribution >= 0.6 is 0 Å². The molecule has 1 aliphatic heterocycles. The molecule has 3 rings (SSSR count). The number of hydrogen-bond acceptors (Lipinski definition) is 6. The Hall–Kier alpha value is -2.94. The largest absolute Gasteiger partial charge is 0.493 e. The molecule has 1 aromatic carbocycles. The van der Waals surface area contributed by atoms with Gasteiger partial charge in [-0.2, -0.15) is 5.10 Å². The predicted molar refractivity (Wildman–Crippen MR) is 105 cm³/mol. The standard InChI is InChI=1S/C19H27N5O4/c1-26-16-13-15(14-17(27-2)18(16)28-3)21-19(25)23-10-7-22(8-11-23)9-12-24-6-4-5-20-24/h4-6,13-14H,7-12H2,1-3H3,(H,21,25). The van der Waals surface area contributed by atoms with Gasteiger partial charge in [0.15, 0.2) is 11.5 Å². The summed E-state index contributed by atoms with van der Waals surface area (Å²) < 4.78 is 17.9. The highest BCUT2D eigenvalue weighted by atomic mass is 16.5. The first-order chi connectivity index (χ1) is 13.6. The van der Waals surface area contributed by atoms with E-state index >= 15 is 0 Å². The van der Waals surface area contributed by atoms with Crippen molar-refractivity contribution in [3.8, 4) is 17.2 Å².